The molecule has 0 aliphatic carbocycles. The van der Waals surface area contributed by atoms with Crippen LogP contribution < -0.4 is 16.0 Å². The molecule has 0 fully saturated rings. The number of amides is 3. The van der Waals surface area contributed by atoms with Gasteiger partial charge in [-0.15, -0.1) is 0 Å². The molecule has 9 heteroatoms. The summed E-state index contributed by atoms with van der Waals surface area (Å²) in [5.41, 5.74) is -1.64. The van der Waals surface area contributed by atoms with Crippen LogP contribution in [0.15, 0.2) is 0 Å². The van der Waals surface area contributed by atoms with E-state index in [4.69, 9.17) is 0 Å². The van der Waals surface area contributed by atoms with Crippen LogP contribution in [0, 0.1) is 5.92 Å². The van der Waals surface area contributed by atoms with Crippen molar-refractivity contribution in [2.75, 3.05) is 0 Å². The van der Waals surface area contributed by atoms with Gasteiger partial charge in [0.1, 0.15) is 12.1 Å². The Kier molecular flexibility index (Phi) is 9.99. The van der Waals surface area contributed by atoms with E-state index in [0.29, 0.717) is 6.42 Å². The molecule has 0 saturated heterocycles. The van der Waals surface area contributed by atoms with Crippen LogP contribution in [0.25, 0.3) is 0 Å². The molecule has 0 unspecified atom stereocenters. The molecule has 0 aromatic rings. The number of hydrogen-bond donors (Lipinski definition) is 5. The summed E-state index contributed by atoms with van der Waals surface area (Å²) in [6.07, 6.45) is 1.05. The highest BCUT2D eigenvalue weighted by molar-refractivity contribution is 5.93. The van der Waals surface area contributed by atoms with Gasteiger partial charge < -0.3 is 26.2 Å². The zero-order valence-corrected chi connectivity index (χ0v) is 17.0. The van der Waals surface area contributed by atoms with Gasteiger partial charge in [-0.3, -0.25) is 14.4 Å². The quantitative estimate of drug-likeness (QED) is 0.341. The van der Waals surface area contributed by atoms with Gasteiger partial charge in [-0.05, 0) is 32.6 Å². The van der Waals surface area contributed by atoms with Gasteiger partial charge in [-0.2, -0.15) is 0 Å². The smallest absolute Gasteiger partial charge is 0.329 e. The van der Waals surface area contributed by atoms with E-state index in [9.17, 15) is 29.4 Å². The zero-order valence-electron chi connectivity index (χ0n) is 17.0. The molecule has 0 aliphatic heterocycles. The second-order valence-electron chi connectivity index (χ2n) is 7.26. The summed E-state index contributed by atoms with van der Waals surface area (Å²) >= 11 is 0. The Hall–Kier alpha value is -2.16. The minimum absolute atomic E-state index is 0.115. The minimum Gasteiger partial charge on any atom is -0.480 e. The molecule has 0 bridgehead atoms. The summed E-state index contributed by atoms with van der Waals surface area (Å²) in [4.78, 5) is 47.9. The van der Waals surface area contributed by atoms with Gasteiger partial charge in [0.2, 0.25) is 17.7 Å². The minimum atomic E-state index is -1.64. The first-order chi connectivity index (χ1) is 12.4. The van der Waals surface area contributed by atoms with Gasteiger partial charge in [-0.25, -0.2) is 4.79 Å². The van der Waals surface area contributed by atoms with E-state index in [-0.39, 0.29) is 24.7 Å². The highest BCUT2D eigenvalue weighted by Crippen LogP contribution is 2.15. The van der Waals surface area contributed by atoms with E-state index in [1.807, 2.05) is 6.92 Å². The van der Waals surface area contributed by atoms with Crippen molar-refractivity contribution in [2.24, 2.45) is 5.92 Å². The predicted octanol–water partition coefficient (Wildman–Crippen LogP) is 0.162. The molecule has 0 aliphatic rings. The van der Waals surface area contributed by atoms with E-state index < -0.39 is 41.5 Å². The first kappa shape index (κ1) is 24.8. The maximum Gasteiger partial charge on any atom is 0.329 e. The number of hydrogen-bond acceptors (Lipinski definition) is 5. The second-order valence-corrected chi connectivity index (χ2v) is 7.26. The number of carbonyl (C=O) groups is 4. The molecule has 4 atom stereocenters. The van der Waals surface area contributed by atoms with Crippen molar-refractivity contribution in [1.82, 2.24) is 16.0 Å². The van der Waals surface area contributed by atoms with Gasteiger partial charge in [0.05, 0.1) is 5.60 Å². The Morgan fingerprint density at radius 1 is 0.963 bits per heavy atom. The van der Waals surface area contributed by atoms with Crippen molar-refractivity contribution < 1.29 is 29.4 Å². The first-order valence-electron chi connectivity index (χ1n) is 9.22. The first-order valence-corrected chi connectivity index (χ1v) is 9.22. The number of aliphatic carboxylic acids is 1. The molecule has 5 N–H and O–H groups in total. The fraction of sp³-hybridized carbons (Fsp3) is 0.778. The van der Waals surface area contributed by atoms with E-state index >= 15 is 0 Å². The Balaban J connectivity index is 5.16. The normalized spacial score (nSPS) is 16.6. The number of nitrogens with one attached hydrogen (secondary N) is 3. The summed E-state index contributed by atoms with van der Waals surface area (Å²) in [5, 5.41) is 26.9. The van der Waals surface area contributed by atoms with Crippen molar-refractivity contribution in [3.05, 3.63) is 0 Å². The molecule has 0 radical (unpaired) electrons. The molecular formula is C18H33N3O6. The third-order valence-electron chi connectivity index (χ3n) is 4.37. The van der Waals surface area contributed by atoms with Crippen LogP contribution in [0.3, 0.4) is 0 Å². The van der Waals surface area contributed by atoms with Crippen molar-refractivity contribution in [3.63, 3.8) is 0 Å². The lowest BCUT2D eigenvalue weighted by Gasteiger charge is -2.32. The predicted molar refractivity (Wildman–Crippen MR) is 99.8 cm³/mol. The van der Waals surface area contributed by atoms with E-state index in [2.05, 4.69) is 16.0 Å². The van der Waals surface area contributed by atoms with Crippen LogP contribution in [0.4, 0.5) is 0 Å². The molecule has 0 spiro atoms. The third kappa shape index (κ3) is 7.94. The van der Waals surface area contributed by atoms with Gasteiger partial charge in [0.25, 0.3) is 0 Å². The topological polar surface area (TPSA) is 145 Å². The second kappa shape index (κ2) is 10.9. The zero-order chi connectivity index (χ0) is 21.4. The monoisotopic (exact) mass is 387 g/mol. The molecule has 0 aromatic heterocycles. The molecule has 3 amide bonds. The summed E-state index contributed by atoms with van der Waals surface area (Å²) in [5.74, 6) is -3.25. The standard InChI is InChI=1S/C18H33N3O6/c1-7-9-12(22)19-11(5)15(23)20-13(10(3)4)16(24)21-14(17(25)26)18(6,27)8-2/h10-11,13-14,27H,7-9H2,1-6H3,(H,19,22)(H,20,23)(H,21,24)(H,25,26)/t11-,13-,14+,18+/m0/s1. The lowest BCUT2D eigenvalue weighted by molar-refractivity contribution is -0.150. The highest BCUT2D eigenvalue weighted by atomic mass is 16.4. The molecule has 0 saturated carbocycles. The third-order valence-corrected chi connectivity index (χ3v) is 4.37. The summed E-state index contributed by atoms with van der Waals surface area (Å²) in [7, 11) is 0. The lowest BCUT2D eigenvalue weighted by atomic mass is 9.92. The fourth-order valence-electron chi connectivity index (χ4n) is 2.34. The van der Waals surface area contributed by atoms with Crippen LogP contribution in [0.5, 0.6) is 0 Å². The largest absolute Gasteiger partial charge is 0.480 e. The van der Waals surface area contributed by atoms with Crippen molar-refractivity contribution in [3.8, 4) is 0 Å². The molecule has 0 heterocycles. The van der Waals surface area contributed by atoms with Gasteiger partial charge in [0, 0.05) is 6.42 Å². The molecule has 156 valence electrons. The van der Waals surface area contributed by atoms with Gasteiger partial charge in [-0.1, -0.05) is 27.7 Å². The average molecular weight is 387 g/mol. The SMILES string of the molecule is CCCC(=O)N[C@@H](C)C(=O)N[C@H](C(=O)N[C@H](C(=O)O)[C@](C)(O)CC)C(C)C. The Morgan fingerprint density at radius 2 is 1.52 bits per heavy atom. The maximum atomic E-state index is 12.6. The Morgan fingerprint density at radius 3 is 1.93 bits per heavy atom. The van der Waals surface area contributed by atoms with Crippen LogP contribution >= 0.6 is 0 Å². The van der Waals surface area contributed by atoms with Gasteiger partial charge in [0.15, 0.2) is 6.04 Å². The number of rotatable bonds is 11. The molecular weight excluding hydrogens is 354 g/mol. The fourth-order valence-corrected chi connectivity index (χ4v) is 2.34. The molecule has 9 nitrogen and oxygen atoms in total. The Labute approximate surface area is 160 Å². The van der Waals surface area contributed by atoms with Crippen molar-refractivity contribution in [1.29, 1.82) is 0 Å². The highest BCUT2D eigenvalue weighted by Gasteiger charge is 2.39. The van der Waals surface area contributed by atoms with E-state index in [0.717, 1.165) is 0 Å². The Bertz CT molecular complexity index is 547. The lowest BCUT2D eigenvalue weighted by Crippen LogP contribution is -2.61. The molecule has 0 rings (SSSR count). The van der Waals surface area contributed by atoms with Crippen LogP contribution in [-0.4, -0.2) is 57.6 Å². The van der Waals surface area contributed by atoms with Gasteiger partial charge >= 0.3 is 5.97 Å². The van der Waals surface area contributed by atoms with Crippen molar-refractivity contribution >= 4 is 23.7 Å². The molecule has 0 aromatic carbocycles. The van der Waals surface area contributed by atoms with E-state index in [1.165, 1.54) is 13.8 Å². The van der Waals surface area contributed by atoms with E-state index in [1.54, 1.807) is 20.8 Å². The summed E-state index contributed by atoms with van der Waals surface area (Å²) in [6.45, 7) is 9.65. The summed E-state index contributed by atoms with van der Waals surface area (Å²) in [6, 6.07) is -3.38. The summed E-state index contributed by atoms with van der Waals surface area (Å²) < 4.78 is 0. The maximum absolute atomic E-state index is 12.6. The number of carboxylic acids is 1. The van der Waals surface area contributed by atoms with Crippen LogP contribution in [0.2, 0.25) is 0 Å². The van der Waals surface area contributed by atoms with Crippen LogP contribution in [-0.2, 0) is 19.2 Å². The molecule has 27 heavy (non-hydrogen) atoms. The number of carbonyl (C=O) groups excluding carboxylic acids is 3. The average Bonchev–Trinajstić information content (AvgIpc) is 2.56. The number of aliphatic hydroxyl groups is 1. The van der Waals surface area contributed by atoms with Crippen molar-refractivity contribution in [2.45, 2.75) is 84.5 Å². The number of carboxylic acid groups (broad SMARTS) is 1. The van der Waals surface area contributed by atoms with Crippen LogP contribution in [0.1, 0.15) is 60.8 Å².